The summed E-state index contributed by atoms with van der Waals surface area (Å²) in [6, 6.07) is 8.37. The van der Waals surface area contributed by atoms with E-state index in [0.717, 1.165) is 50.8 Å². The molecule has 1 aliphatic carbocycles. The van der Waals surface area contributed by atoms with Crippen molar-refractivity contribution in [2.24, 2.45) is 5.73 Å². The average molecular weight is 302 g/mol. The first-order valence-electron chi connectivity index (χ1n) is 8.31. The number of ether oxygens (including phenoxy) is 1. The third-order valence-corrected chi connectivity index (χ3v) is 5.20. The first-order chi connectivity index (χ1) is 10.6. The molecule has 0 spiro atoms. The van der Waals surface area contributed by atoms with Gasteiger partial charge in [0, 0.05) is 24.5 Å². The van der Waals surface area contributed by atoms with Gasteiger partial charge in [0.25, 0.3) is 0 Å². The van der Waals surface area contributed by atoms with Crippen LogP contribution in [0.5, 0.6) is 5.75 Å². The van der Waals surface area contributed by atoms with Crippen molar-refractivity contribution in [3.8, 4) is 5.75 Å². The SMILES string of the molecule is COc1ccccc1CC1CCCN1C(=O)CC1(N)CCC1. The highest BCUT2D eigenvalue weighted by atomic mass is 16.5. The molecule has 4 nitrogen and oxygen atoms in total. The fraction of sp³-hybridized carbons (Fsp3) is 0.611. The Kier molecular flexibility index (Phi) is 4.39. The van der Waals surface area contributed by atoms with Crippen LogP contribution in [0, 0.1) is 0 Å². The number of amides is 1. The van der Waals surface area contributed by atoms with Gasteiger partial charge in [-0.05, 0) is 50.2 Å². The number of carbonyl (C=O) groups excluding carboxylic acids is 1. The van der Waals surface area contributed by atoms with Crippen molar-refractivity contribution in [1.29, 1.82) is 0 Å². The van der Waals surface area contributed by atoms with Crippen LogP contribution in [0.25, 0.3) is 0 Å². The smallest absolute Gasteiger partial charge is 0.224 e. The Morgan fingerprint density at radius 2 is 2.14 bits per heavy atom. The molecular formula is C18H26N2O2. The number of rotatable bonds is 5. The van der Waals surface area contributed by atoms with E-state index in [0.29, 0.717) is 6.42 Å². The molecule has 1 atom stereocenters. The number of likely N-dealkylation sites (tertiary alicyclic amines) is 1. The molecule has 1 heterocycles. The number of nitrogens with zero attached hydrogens (tertiary/aromatic N) is 1. The number of para-hydroxylation sites is 1. The fourth-order valence-electron chi connectivity index (χ4n) is 3.71. The number of nitrogens with two attached hydrogens (primary N) is 1. The van der Waals surface area contributed by atoms with Gasteiger partial charge in [-0.2, -0.15) is 0 Å². The highest BCUT2D eigenvalue weighted by molar-refractivity contribution is 5.78. The van der Waals surface area contributed by atoms with Gasteiger partial charge in [-0.3, -0.25) is 4.79 Å². The largest absolute Gasteiger partial charge is 0.496 e. The molecule has 1 unspecified atom stereocenters. The van der Waals surface area contributed by atoms with Crippen molar-refractivity contribution < 1.29 is 9.53 Å². The summed E-state index contributed by atoms with van der Waals surface area (Å²) < 4.78 is 5.44. The molecule has 1 aromatic carbocycles. The summed E-state index contributed by atoms with van der Waals surface area (Å²) in [4.78, 5) is 14.7. The topological polar surface area (TPSA) is 55.6 Å². The van der Waals surface area contributed by atoms with Crippen molar-refractivity contribution >= 4 is 5.91 Å². The maximum absolute atomic E-state index is 12.6. The Hall–Kier alpha value is -1.55. The monoisotopic (exact) mass is 302 g/mol. The normalized spacial score (nSPS) is 23.2. The van der Waals surface area contributed by atoms with E-state index in [4.69, 9.17) is 10.5 Å². The van der Waals surface area contributed by atoms with Gasteiger partial charge in [-0.15, -0.1) is 0 Å². The lowest BCUT2D eigenvalue weighted by atomic mass is 9.75. The summed E-state index contributed by atoms with van der Waals surface area (Å²) >= 11 is 0. The van der Waals surface area contributed by atoms with E-state index in [2.05, 4.69) is 11.0 Å². The van der Waals surface area contributed by atoms with Gasteiger partial charge in [-0.1, -0.05) is 18.2 Å². The number of hydrogen-bond acceptors (Lipinski definition) is 3. The van der Waals surface area contributed by atoms with Crippen LogP contribution in [0.4, 0.5) is 0 Å². The van der Waals surface area contributed by atoms with Crippen LogP contribution in [0.3, 0.4) is 0 Å². The molecule has 1 aromatic rings. The van der Waals surface area contributed by atoms with E-state index in [1.807, 2.05) is 18.2 Å². The molecule has 2 fully saturated rings. The van der Waals surface area contributed by atoms with Crippen molar-refractivity contribution in [2.45, 2.75) is 56.5 Å². The zero-order valence-corrected chi connectivity index (χ0v) is 13.4. The molecule has 0 aromatic heterocycles. The van der Waals surface area contributed by atoms with Crippen molar-refractivity contribution in [2.75, 3.05) is 13.7 Å². The van der Waals surface area contributed by atoms with E-state index in [9.17, 15) is 4.79 Å². The second-order valence-corrected chi connectivity index (χ2v) is 6.79. The van der Waals surface area contributed by atoms with Crippen molar-refractivity contribution in [3.63, 3.8) is 0 Å². The van der Waals surface area contributed by atoms with Crippen LogP contribution >= 0.6 is 0 Å². The van der Waals surface area contributed by atoms with Gasteiger partial charge in [-0.25, -0.2) is 0 Å². The van der Waals surface area contributed by atoms with Crippen LogP contribution in [0.15, 0.2) is 24.3 Å². The fourth-order valence-corrected chi connectivity index (χ4v) is 3.71. The van der Waals surface area contributed by atoms with Gasteiger partial charge in [0.15, 0.2) is 0 Å². The van der Waals surface area contributed by atoms with E-state index in [1.54, 1.807) is 7.11 Å². The van der Waals surface area contributed by atoms with E-state index in [-0.39, 0.29) is 17.5 Å². The zero-order chi connectivity index (χ0) is 15.6. The van der Waals surface area contributed by atoms with Crippen LogP contribution < -0.4 is 10.5 Å². The molecular weight excluding hydrogens is 276 g/mol. The Bertz CT molecular complexity index is 540. The zero-order valence-electron chi connectivity index (χ0n) is 13.4. The predicted molar refractivity (Wildman–Crippen MR) is 86.8 cm³/mol. The quantitative estimate of drug-likeness (QED) is 0.909. The number of methoxy groups -OCH3 is 1. The number of benzene rings is 1. The Labute approximate surface area is 132 Å². The standard InChI is InChI=1S/C18H26N2O2/c1-22-16-8-3-2-6-14(16)12-15-7-4-11-20(15)17(21)13-18(19)9-5-10-18/h2-3,6,8,15H,4-5,7,9-13,19H2,1H3. The highest BCUT2D eigenvalue weighted by Gasteiger charge is 2.38. The molecule has 0 bridgehead atoms. The third kappa shape index (κ3) is 3.12. The minimum Gasteiger partial charge on any atom is -0.496 e. The first-order valence-corrected chi connectivity index (χ1v) is 8.31. The second-order valence-electron chi connectivity index (χ2n) is 6.79. The predicted octanol–water partition coefficient (Wildman–Crippen LogP) is 2.50. The Morgan fingerprint density at radius 1 is 1.36 bits per heavy atom. The molecule has 0 radical (unpaired) electrons. The summed E-state index contributed by atoms with van der Waals surface area (Å²) in [6.07, 6.45) is 6.68. The lowest BCUT2D eigenvalue weighted by molar-refractivity contribution is -0.134. The molecule has 4 heteroatoms. The van der Waals surface area contributed by atoms with Crippen LogP contribution in [-0.2, 0) is 11.2 Å². The lowest BCUT2D eigenvalue weighted by Crippen LogP contribution is -2.51. The maximum Gasteiger partial charge on any atom is 0.224 e. The van der Waals surface area contributed by atoms with Crippen molar-refractivity contribution in [3.05, 3.63) is 29.8 Å². The molecule has 120 valence electrons. The van der Waals surface area contributed by atoms with E-state index >= 15 is 0 Å². The molecule has 1 saturated carbocycles. The molecule has 2 N–H and O–H groups in total. The van der Waals surface area contributed by atoms with Gasteiger partial charge < -0.3 is 15.4 Å². The second kappa shape index (κ2) is 6.29. The Morgan fingerprint density at radius 3 is 2.82 bits per heavy atom. The highest BCUT2D eigenvalue weighted by Crippen LogP contribution is 2.34. The molecule has 1 amide bonds. The van der Waals surface area contributed by atoms with Crippen LogP contribution in [0.2, 0.25) is 0 Å². The number of carbonyl (C=O) groups is 1. The van der Waals surface area contributed by atoms with E-state index < -0.39 is 0 Å². The summed E-state index contributed by atoms with van der Waals surface area (Å²) in [7, 11) is 1.70. The summed E-state index contributed by atoms with van der Waals surface area (Å²) in [5, 5.41) is 0. The summed E-state index contributed by atoms with van der Waals surface area (Å²) in [5.74, 6) is 1.15. The molecule has 3 rings (SSSR count). The molecule has 2 aliphatic rings. The van der Waals surface area contributed by atoms with Crippen LogP contribution in [0.1, 0.15) is 44.1 Å². The Balaban J connectivity index is 1.66. The minimum atomic E-state index is -0.228. The van der Waals surface area contributed by atoms with Gasteiger partial charge in [0.1, 0.15) is 5.75 Å². The lowest BCUT2D eigenvalue weighted by Gasteiger charge is -2.39. The molecule has 1 saturated heterocycles. The van der Waals surface area contributed by atoms with Gasteiger partial charge in [0.2, 0.25) is 5.91 Å². The summed E-state index contributed by atoms with van der Waals surface area (Å²) in [6.45, 7) is 0.870. The summed E-state index contributed by atoms with van der Waals surface area (Å²) in [5.41, 5.74) is 7.20. The van der Waals surface area contributed by atoms with Gasteiger partial charge >= 0.3 is 0 Å². The third-order valence-electron chi connectivity index (χ3n) is 5.20. The van der Waals surface area contributed by atoms with Crippen molar-refractivity contribution in [1.82, 2.24) is 4.90 Å². The molecule has 22 heavy (non-hydrogen) atoms. The number of hydrogen-bond donors (Lipinski definition) is 1. The average Bonchev–Trinajstić information content (AvgIpc) is 2.94. The first kappa shape index (κ1) is 15.3. The van der Waals surface area contributed by atoms with Gasteiger partial charge in [0.05, 0.1) is 7.11 Å². The van der Waals surface area contributed by atoms with Crippen LogP contribution in [-0.4, -0.2) is 36.0 Å². The van der Waals surface area contributed by atoms with E-state index in [1.165, 1.54) is 5.56 Å². The minimum absolute atomic E-state index is 0.228. The maximum atomic E-state index is 12.6. The molecule has 1 aliphatic heterocycles.